The Kier molecular flexibility index (Phi) is 4.25. The molecule has 0 radical (unpaired) electrons. The van der Waals surface area contributed by atoms with Gasteiger partial charge in [-0.05, 0) is 38.1 Å². The Morgan fingerprint density at radius 2 is 1.89 bits per heavy atom. The summed E-state index contributed by atoms with van der Waals surface area (Å²) in [6, 6.07) is 9.51. The average Bonchev–Trinajstić information content (AvgIpc) is 2.42. The Hall–Kier alpha value is -1.06. The van der Waals surface area contributed by atoms with Crippen molar-refractivity contribution in [3.63, 3.8) is 0 Å². The van der Waals surface area contributed by atoms with Gasteiger partial charge in [0.25, 0.3) is 0 Å². The summed E-state index contributed by atoms with van der Waals surface area (Å²) in [7, 11) is 2.10. The molecule has 1 saturated heterocycles. The quantitative estimate of drug-likeness (QED) is 0.883. The van der Waals surface area contributed by atoms with Crippen LogP contribution in [0.3, 0.4) is 0 Å². The monoisotopic (exact) mass is 248 g/mol. The minimum Gasteiger partial charge on any atom is -0.395 e. The predicted octanol–water partition coefficient (Wildman–Crippen LogP) is 1.75. The number of aryl methyl sites for hydroxylation is 1. The molecule has 18 heavy (non-hydrogen) atoms. The van der Waals surface area contributed by atoms with Crippen molar-refractivity contribution in [2.24, 2.45) is 0 Å². The Labute approximate surface area is 110 Å². The molecule has 0 saturated carbocycles. The van der Waals surface area contributed by atoms with Gasteiger partial charge in [0, 0.05) is 24.8 Å². The molecule has 0 bridgehead atoms. The van der Waals surface area contributed by atoms with Gasteiger partial charge in [0.2, 0.25) is 0 Å². The number of benzene rings is 1. The van der Waals surface area contributed by atoms with E-state index in [9.17, 15) is 5.11 Å². The van der Waals surface area contributed by atoms with E-state index < -0.39 is 0 Å². The van der Waals surface area contributed by atoms with E-state index in [2.05, 4.69) is 55.0 Å². The molecule has 2 unspecified atom stereocenters. The number of anilines is 1. The second-order valence-corrected chi connectivity index (χ2v) is 5.28. The van der Waals surface area contributed by atoms with Crippen LogP contribution in [0.15, 0.2) is 24.3 Å². The zero-order valence-electron chi connectivity index (χ0n) is 11.6. The zero-order valence-corrected chi connectivity index (χ0v) is 11.6. The normalized spacial score (nSPS) is 25.4. The molecule has 2 rings (SSSR count). The number of hydrogen-bond acceptors (Lipinski definition) is 3. The summed E-state index contributed by atoms with van der Waals surface area (Å²) in [5.41, 5.74) is 2.64. The van der Waals surface area contributed by atoms with E-state index >= 15 is 0 Å². The summed E-state index contributed by atoms with van der Waals surface area (Å²) < 4.78 is 0. The summed E-state index contributed by atoms with van der Waals surface area (Å²) in [4.78, 5) is 4.65. The van der Waals surface area contributed by atoms with Crippen molar-refractivity contribution in [3.05, 3.63) is 29.8 Å². The summed E-state index contributed by atoms with van der Waals surface area (Å²) >= 11 is 0. The van der Waals surface area contributed by atoms with Gasteiger partial charge in [0.05, 0.1) is 12.6 Å². The third kappa shape index (κ3) is 2.68. The number of rotatable bonds is 3. The highest BCUT2D eigenvalue weighted by atomic mass is 16.3. The molecular weight excluding hydrogens is 224 g/mol. The number of hydrogen-bond donors (Lipinski definition) is 1. The Bertz CT molecular complexity index is 377. The van der Waals surface area contributed by atoms with Gasteiger partial charge in [0.15, 0.2) is 0 Å². The van der Waals surface area contributed by atoms with Gasteiger partial charge in [-0.2, -0.15) is 0 Å². The largest absolute Gasteiger partial charge is 0.395 e. The van der Waals surface area contributed by atoms with E-state index in [-0.39, 0.29) is 12.6 Å². The molecule has 0 spiro atoms. The molecule has 0 aliphatic carbocycles. The van der Waals surface area contributed by atoms with Gasteiger partial charge in [0.1, 0.15) is 0 Å². The van der Waals surface area contributed by atoms with E-state index in [1.165, 1.54) is 11.3 Å². The number of aliphatic hydroxyl groups is 1. The standard InChI is InChI=1S/C15H24N2O/c1-4-13-5-7-14(8-6-13)17-9-12(2)16(3)15(10-17)11-18/h5-8,12,15,18H,4,9-11H2,1-3H3. The Morgan fingerprint density at radius 1 is 1.22 bits per heavy atom. The average molecular weight is 248 g/mol. The smallest absolute Gasteiger partial charge is 0.0604 e. The van der Waals surface area contributed by atoms with E-state index in [1.807, 2.05) is 0 Å². The van der Waals surface area contributed by atoms with Crippen molar-refractivity contribution in [1.29, 1.82) is 0 Å². The molecule has 3 nitrogen and oxygen atoms in total. The van der Waals surface area contributed by atoms with E-state index in [1.54, 1.807) is 0 Å². The zero-order chi connectivity index (χ0) is 13.1. The summed E-state index contributed by atoms with van der Waals surface area (Å²) in [5, 5.41) is 9.46. The van der Waals surface area contributed by atoms with Crippen LogP contribution in [0, 0.1) is 0 Å². The summed E-state index contributed by atoms with van der Waals surface area (Å²) in [6.45, 7) is 6.55. The fraction of sp³-hybridized carbons (Fsp3) is 0.600. The predicted molar refractivity (Wildman–Crippen MR) is 76.1 cm³/mol. The highest BCUT2D eigenvalue weighted by molar-refractivity contribution is 5.48. The SMILES string of the molecule is CCc1ccc(N2CC(C)N(C)C(CO)C2)cc1. The lowest BCUT2D eigenvalue weighted by atomic mass is 10.1. The number of aliphatic hydroxyl groups excluding tert-OH is 1. The van der Waals surface area contributed by atoms with E-state index in [0.29, 0.717) is 6.04 Å². The molecule has 1 fully saturated rings. The molecule has 3 heteroatoms. The molecule has 0 aromatic heterocycles. The lowest BCUT2D eigenvalue weighted by Gasteiger charge is -2.44. The van der Waals surface area contributed by atoms with Gasteiger partial charge < -0.3 is 10.0 Å². The van der Waals surface area contributed by atoms with Crippen LogP contribution < -0.4 is 4.90 Å². The Morgan fingerprint density at radius 3 is 2.44 bits per heavy atom. The molecule has 100 valence electrons. The highest BCUT2D eigenvalue weighted by Gasteiger charge is 2.28. The second kappa shape index (κ2) is 5.72. The molecular formula is C15H24N2O. The van der Waals surface area contributed by atoms with Crippen LogP contribution in [-0.2, 0) is 6.42 Å². The fourth-order valence-corrected chi connectivity index (χ4v) is 2.61. The van der Waals surface area contributed by atoms with Crippen LogP contribution >= 0.6 is 0 Å². The third-order valence-corrected chi connectivity index (χ3v) is 4.11. The van der Waals surface area contributed by atoms with Crippen molar-refractivity contribution in [2.45, 2.75) is 32.4 Å². The molecule has 1 aliphatic rings. The minimum absolute atomic E-state index is 0.227. The van der Waals surface area contributed by atoms with Crippen LogP contribution in [0.5, 0.6) is 0 Å². The van der Waals surface area contributed by atoms with Crippen LogP contribution in [0.4, 0.5) is 5.69 Å². The fourth-order valence-electron chi connectivity index (χ4n) is 2.61. The van der Waals surface area contributed by atoms with Crippen LogP contribution in [0.1, 0.15) is 19.4 Å². The molecule has 0 amide bonds. The van der Waals surface area contributed by atoms with Gasteiger partial charge in [-0.1, -0.05) is 19.1 Å². The topological polar surface area (TPSA) is 26.7 Å². The first-order valence-electron chi connectivity index (χ1n) is 6.82. The van der Waals surface area contributed by atoms with Gasteiger partial charge in [-0.3, -0.25) is 4.90 Å². The molecule has 1 aromatic rings. The number of nitrogens with zero attached hydrogens (tertiary/aromatic N) is 2. The lowest BCUT2D eigenvalue weighted by molar-refractivity contribution is 0.0996. The van der Waals surface area contributed by atoms with Crippen molar-refractivity contribution in [1.82, 2.24) is 4.90 Å². The number of likely N-dealkylation sites (N-methyl/N-ethyl adjacent to an activating group) is 1. The first kappa shape index (κ1) is 13.4. The maximum absolute atomic E-state index is 9.46. The molecule has 1 N–H and O–H groups in total. The molecule has 1 aliphatic heterocycles. The van der Waals surface area contributed by atoms with E-state index in [0.717, 1.165) is 19.5 Å². The molecule has 2 atom stereocenters. The Balaban J connectivity index is 2.12. The van der Waals surface area contributed by atoms with Crippen molar-refractivity contribution < 1.29 is 5.11 Å². The first-order chi connectivity index (χ1) is 8.65. The minimum atomic E-state index is 0.227. The van der Waals surface area contributed by atoms with Crippen LogP contribution in [0.25, 0.3) is 0 Å². The second-order valence-electron chi connectivity index (χ2n) is 5.28. The van der Waals surface area contributed by atoms with Crippen molar-refractivity contribution in [3.8, 4) is 0 Å². The summed E-state index contributed by atoms with van der Waals surface area (Å²) in [5.74, 6) is 0. The summed E-state index contributed by atoms with van der Waals surface area (Å²) in [6.07, 6.45) is 1.08. The van der Waals surface area contributed by atoms with Crippen LogP contribution in [-0.4, -0.2) is 48.8 Å². The molecule has 1 heterocycles. The van der Waals surface area contributed by atoms with Crippen molar-refractivity contribution >= 4 is 5.69 Å². The van der Waals surface area contributed by atoms with Gasteiger partial charge in [-0.25, -0.2) is 0 Å². The molecule has 1 aromatic carbocycles. The maximum atomic E-state index is 9.46. The van der Waals surface area contributed by atoms with Crippen molar-refractivity contribution in [2.75, 3.05) is 31.6 Å². The lowest BCUT2D eigenvalue weighted by Crippen LogP contribution is -2.57. The van der Waals surface area contributed by atoms with E-state index in [4.69, 9.17) is 0 Å². The van der Waals surface area contributed by atoms with Crippen LogP contribution in [0.2, 0.25) is 0 Å². The maximum Gasteiger partial charge on any atom is 0.0604 e. The third-order valence-electron chi connectivity index (χ3n) is 4.11. The number of piperazine rings is 1. The first-order valence-corrected chi connectivity index (χ1v) is 6.82. The highest BCUT2D eigenvalue weighted by Crippen LogP contribution is 2.22. The van der Waals surface area contributed by atoms with Gasteiger partial charge >= 0.3 is 0 Å². The van der Waals surface area contributed by atoms with Gasteiger partial charge in [-0.15, -0.1) is 0 Å².